The van der Waals surface area contributed by atoms with E-state index in [1.807, 2.05) is 6.92 Å². The molecule has 0 radical (unpaired) electrons. The van der Waals surface area contributed by atoms with Crippen LogP contribution in [0.3, 0.4) is 0 Å². The number of carbonyl (C=O) groups excluding carboxylic acids is 1. The van der Waals surface area contributed by atoms with Crippen LogP contribution in [0.15, 0.2) is 12.2 Å². The summed E-state index contributed by atoms with van der Waals surface area (Å²) in [7, 11) is 1.71. The fourth-order valence-corrected chi connectivity index (χ4v) is 0.861. The van der Waals surface area contributed by atoms with E-state index < -0.39 is 6.10 Å². The number of likely N-dealkylation sites (N-methyl/N-ethyl adjacent to an activating group) is 1. The van der Waals surface area contributed by atoms with E-state index in [0.29, 0.717) is 6.54 Å². The molecule has 0 spiro atoms. The summed E-state index contributed by atoms with van der Waals surface area (Å²) in [5, 5.41) is 9.06. The number of nitrogens with zero attached hydrogens (tertiary/aromatic N) is 1. The zero-order valence-corrected chi connectivity index (χ0v) is 8.00. The molecular weight excluding hydrogens is 154 g/mol. The molecule has 0 rings (SSSR count). The molecule has 0 aliphatic heterocycles. The highest BCUT2D eigenvalue weighted by atomic mass is 16.3. The fourth-order valence-electron chi connectivity index (χ4n) is 0.861. The van der Waals surface area contributed by atoms with Gasteiger partial charge in [-0.25, -0.2) is 0 Å². The average molecular weight is 171 g/mol. The Kier molecular flexibility index (Phi) is 4.59. The lowest BCUT2D eigenvalue weighted by Gasteiger charge is -2.18. The molecule has 0 aromatic rings. The van der Waals surface area contributed by atoms with Gasteiger partial charge in [0.05, 0.1) is 6.10 Å². The quantitative estimate of drug-likeness (QED) is 0.635. The second-order valence-electron chi connectivity index (χ2n) is 2.93. The van der Waals surface area contributed by atoms with Crippen LogP contribution in [-0.4, -0.2) is 35.6 Å². The van der Waals surface area contributed by atoms with E-state index in [9.17, 15) is 4.79 Å². The van der Waals surface area contributed by atoms with Crippen LogP contribution in [0.1, 0.15) is 20.3 Å². The molecule has 0 aromatic heterocycles. The minimum absolute atomic E-state index is 0.174. The van der Waals surface area contributed by atoms with Gasteiger partial charge in [0.2, 0.25) is 0 Å². The van der Waals surface area contributed by atoms with Gasteiger partial charge in [-0.1, -0.05) is 13.5 Å². The lowest BCUT2D eigenvalue weighted by atomic mass is 10.1. The Morgan fingerprint density at radius 2 is 2.17 bits per heavy atom. The lowest BCUT2D eigenvalue weighted by Crippen LogP contribution is -2.31. The lowest BCUT2D eigenvalue weighted by molar-refractivity contribution is -0.126. The summed E-state index contributed by atoms with van der Waals surface area (Å²) in [6.45, 7) is 7.75. The first kappa shape index (κ1) is 11.2. The first-order valence-corrected chi connectivity index (χ1v) is 4.13. The van der Waals surface area contributed by atoms with Crippen LogP contribution in [-0.2, 0) is 4.79 Å². The molecule has 0 fully saturated rings. The molecule has 70 valence electrons. The molecule has 3 nitrogen and oxygen atoms in total. The van der Waals surface area contributed by atoms with Crippen LogP contribution >= 0.6 is 0 Å². The van der Waals surface area contributed by atoms with Crippen LogP contribution in [0.2, 0.25) is 0 Å². The molecule has 0 aliphatic rings. The van der Waals surface area contributed by atoms with Crippen molar-refractivity contribution >= 4 is 5.91 Å². The number of hydrogen-bond donors (Lipinski definition) is 1. The van der Waals surface area contributed by atoms with Gasteiger partial charge in [0.1, 0.15) is 0 Å². The largest absolute Gasteiger partial charge is 0.389 e. The van der Waals surface area contributed by atoms with Crippen LogP contribution in [0.4, 0.5) is 0 Å². The maximum absolute atomic E-state index is 11.3. The Morgan fingerprint density at radius 3 is 2.50 bits per heavy atom. The number of carbonyl (C=O) groups is 1. The van der Waals surface area contributed by atoms with Crippen molar-refractivity contribution in [2.45, 2.75) is 26.4 Å². The molecule has 0 saturated heterocycles. The van der Waals surface area contributed by atoms with Gasteiger partial charge in [0.25, 0.3) is 5.91 Å². The Bertz CT molecular complexity index is 175. The number of aliphatic hydroxyl groups is 1. The van der Waals surface area contributed by atoms with E-state index in [1.54, 1.807) is 18.9 Å². The van der Waals surface area contributed by atoms with Crippen molar-refractivity contribution in [2.75, 3.05) is 13.6 Å². The molecule has 1 N–H and O–H groups in total. The van der Waals surface area contributed by atoms with Crippen molar-refractivity contribution in [3.8, 4) is 0 Å². The second-order valence-corrected chi connectivity index (χ2v) is 2.93. The maximum atomic E-state index is 11.3. The monoisotopic (exact) mass is 171 g/mol. The Morgan fingerprint density at radius 1 is 1.67 bits per heavy atom. The third kappa shape index (κ3) is 3.05. The number of rotatable bonds is 4. The van der Waals surface area contributed by atoms with Crippen molar-refractivity contribution in [2.24, 2.45) is 0 Å². The molecule has 3 heteroatoms. The third-order valence-corrected chi connectivity index (χ3v) is 1.68. The smallest absolute Gasteiger partial charge is 0.251 e. The molecular formula is C9H17NO2. The van der Waals surface area contributed by atoms with E-state index in [2.05, 4.69) is 6.58 Å². The van der Waals surface area contributed by atoms with Gasteiger partial charge >= 0.3 is 0 Å². The first-order valence-electron chi connectivity index (χ1n) is 4.13. The summed E-state index contributed by atoms with van der Waals surface area (Å²) < 4.78 is 0. The molecule has 0 aromatic carbocycles. The summed E-state index contributed by atoms with van der Waals surface area (Å²) in [5.41, 5.74) is 0.256. The van der Waals surface area contributed by atoms with E-state index in [0.717, 1.165) is 6.42 Å². The zero-order valence-electron chi connectivity index (χ0n) is 8.00. The summed E-state index contributed by atoms with van der Waals surface area (Å²) in [6.07, 6.45) is 0.159. The van der Waals surface area contributed by atoms with Gasteiger partial charge in [-0.2, -0.15) is 0 Å². The molecule has 0 heterocycles. The molecule has 12 heavy (non-hydrogen) atoms. The molecule has 1 unspecified atom stereocenters. The van der Waals surface area contributed by atoms with Crippen molar-refractivity contribution in [3.05, 3.63) is 12.2 Å². The van der Waals surface area contributed by atoms with Gasteiger partial charge in [-0.05, 0) is 13.3 Å². The van der Waals surface area contributed by atoms with E-state index in [4.69, 9.17) is 5.11 Å². The molecule has 0 aliphatic carbocycles. The topological polar surface area (TPSA) is 40.5 Å². The van der Waals surface area contributed by atoms with Gasteiger partial charge in [-0.3, -0.25) is 4.79 Å². The van der Waals surface area contributed by atoms with E-state index >= 15 is 0 Å². The Labute approximate surface area is 73.7 Å². The number of hydrogen-bond acceptors (Lipinski definition) is 2. The molecule has 1 atom stereocenters. The molecule has 0 bridgehead atoms. The van der Waals surface area contributed by atoms with Gasteiger partial charge in [0, 0.05) is 19.2 Å². The van der Waals surface area contributed by atoms with Gasteiger partial charge < -0.3 is 10.0 Å². The van der Waals surface area contributed by atoms with E-state index in [-0.39, 0.29) is 11.5 Å². The van der Waals surface area contributed by atoms with Crippen molar-refractivity contribution in [1.29, 1.82) is 0 Å². The standard InChI is InChI=1S/C9H17NO2/c1-5-6-10(4)9(12)7(2)8(3)11/h8,11H,2,5-6H2,1,3-4H3. The first-order chi connectivity index (χ1) is 5.50. The minimum Gasteiger partial charge on any atom is -0.389 e. The summed E-state index contributed by atoms with van der Waals surface area (Å²) >= 11 is 0. The van der Waals surface area contributed by atoms with Crippen molar-refractivity contribution in [1.82, 2.24) is 4.90 Å². The van der Waals surface area contributed by atoms with Crippen LogP contribution in [0.5, 0.6) is 0 Å². The van der Waals surface area contributed by atoms with Crippen molar-refractivity contribution in [3.63, 3.8) is 0 Å². The fraction of sp³-hybridized carbons (Fsp3) is 0.667. The normalized spacial score (nSPS) is 12.3. The average Bonchev–Trinajstić information content (AvgIpc) is 2.02. The van der Waals surface area contributed by atoms with E-state index in [1.165, 1.54) is 0 Å². The summed E-state index contributed by atoms with van der Waals surface area (Å²) in [4.78, 5) is 12.9. The highest BCUT2D eigenvalue weighted by molar-refractivity contribution is 5.93. The second kappa shape index (κ2) is 4.93. The Balaban J connectivity index is 4.10. The Hall–Kier alpha value is -0.830. The van der Waals surface area contributed by atoms with Crippen LogP contribution < -0.4 is 0 Å². The molecule has 0 saturated carbocycles. The predicted octanol–water partition coefficient (Wildman–Crippen LogP) is 0.792. The highest BCUT2D eigenvalue weighted by Crippen LogP contribution is 2.03. The zero-order chi connectivity index (χ0) is 9.72. The predicted molar refractivity (Wildman–Crippen MR) is 48.7 cm³/mol. The maximum Gasteiger partial charge on any atom is 0.251 e. The van der Waals surface area contributed by atoms with Crippen LogP contribution in [0, 0.1) is 0 Å². The SMILES string of the molecule is C=C(C(=O)N(C)CCC)C(C)O. The summed E-state index contributed by atoms with van der Waals surface area (Å²) in [5.74, 6) is -0.174. The number of amides is 1. The van der Waals surface area contributed by atoms with Gasteiger partial charge in [0.15, 0.2) is 0 Å². The summed E-state index contributed by atoms with van der Waals surface area (Å²) in [6, 6.07) is 0. The van der Waals surface area contributed by atoms with Gasteiger partial charge in [-0.15, -0.1) is 0 Å². The highest BCUT2D eigenvalue weighted by Gasteiger charge is 2.15. The van der Waals surface area contributed by atoms with Crippen LogP contribution in [0.25, 0.3) is 0 Å². The number of aliphatic hydroxyl groups excluding tert-OH is 1. The third-order valence-electron chi connectivity index (χ3n) is 1.68. The molecule has 1 amide bonds. The van der Waals surface area contributed by atoms with Crippen molar-refractivity contribution < 1.29 is 9.90 Å². The minimum atomic E-state index is -0.753.